The van der Waals surface area contributed by atoms with Crippen LogP contribution in [0, 0.1) is 0 Å². The molecule has 1 aliphatic heterocycles. The van der Waals surface area contributed by atoms with Crippen molar-refractivity contribution in [3.05, 3.63) is 36.4 Å². The molecule has 1 fully saturated rings. The van der Waals surface area contributed by atoms with Gasteiger partial charge >= 0.3 is 6.03 Å². The van der Waals surface area contributed by atoms with Crippen LogP contribution in [0.1, 0.15) is 0 Å². The Hall–Kier alpha value is -3.29. The van der Waals surface area contributed by atoms with Crippen LogP contribution in [0.25, 0.3) is 0 Å². The molecule has 2 aromatic rings. The Kier molecular flexibility index (Phi) is 6.54. The van der Waals surface area contributed by atoms with Crippen molar-refractivity contribution in [1.29, 1.82) is 0 Å². The van der Waals surface area contributed by atoms with Crippen LogP contribution < -0.4 is 29.2 Å². The van der Waals surface area contributed by atoms with E-state index in [0.29, 0.717) is 43.4 Å². The van der Waals surface area contributed by atoms with Gasteiger partial charge in [0.15, 0.2) is 0 Å². The van der Waals surface area contributed by atoms with Gasteiger partial charge in [-0.3, -0.25) is 0 Å². The summed E-state index contributed by atoms with van der Waals surface area (Å²) >= 11 is 0. The molecule has 1 N–H and O–H groups in total. The molecule has 2 aromatic carbocycles. The molecular weight excluding hydrogens is 374 g/mol. The molecule has 156 valence electrons. The number of benzene rings is 2. The maximum absolute atomic E-state index is 12.7. The molecule has 3 rings (SSSR count). The van der Waals surface area contributed by atoms with Crippen molar-refractivity contribution >= 4 is 17.4 Å². The molecule has 0 bridgehead atoms. The predicted molar refractivity (Wildman–Crippen MR) is 112 cm³/mol. The summed E-state index contributed by atoms with van der Waals surface area (Å²) in [5.74, 6) is 2.73. The standard InChI is InChI=1S/C21H27N3O5/c1-26-15-5-7-17(19(13-15)28-3)22-21(25)24-11-9-23(10-12-24)18-8-6-16(27-2)14-20(18)29-4/h5-8,13-14H,9-12H2,1-4H3,(H,22,25). The summed E-state index contributed by atoms with van der Waals surface area (Å²) in [6, 6.07) is 10.9. The third-order valence-corrected chi connectivity index (χ3v) is 4.94. The Balaban J connectivity index is 1.63. The molecule has 0 aliphatic carbocycles. The van der Waals surface area contributed by atoms with Crippen molar-refractivity contribution < 1.29 is 23.7 Å². The Morgan fingerprint density at radius 1 is 0.793 bits per heavy atom. The summed E-state index contributed by atoms with van der Waals surface area (Å²) in [7, 11) is 6.42. The number of hydrogen-bond donors (Lipinski definition) is 1. The number of nitrogens with zero attached hydrogens (tertiary/aromatic N) is 2. The Morgan fingerprint density at radius 3 is 1.97 bits per heavy atom. The predicted octanol–water partition coefficient (Wildman–Crippen LogP) is 3.08. The van der Waals surface area contributed by atoms with E-state index in [1.807, 2.05) is 18.2 Å². The highest BCUT2D eigenvalue weighted by molar-refractivity contribution is 5.91. The summed E-state index contributed by atoms with van der Waals surface area (Å²) in [6.45, 7) is 2.60. The van der Waals surface area contributed by atoms with Gasteiger partial charge in [-0.05, 0) is 24.3 Å². The molecular formula is C21H27N3O5. The number of piperazine rings is 1. The van der Waals surface area contributed by atoms with Crippen LogP contribution in [0.3, 0.4) is 0 Å². The third kappa shape index (κ3) is 4.59. The number of hydrogen-bond acceptors (Lipinski definition) is 6. The largest absolute Gasteiger partial charge is 0.497 e. The van der Waals surface area contributed by atoms with Crippen molar-refractivity contribution in [3.8, 4) is 23.0 Å². The molecule has 0 unspecified atom stereocenters. The number of carbonyl (C=O) groups excluding carboxylic acids is 1. The monoisotopic (exact) mass is 401 g/mol. The molecule has 0 spiro atoms. The summed E-state index contributed by atoms with van der Waals surface area (Å²) in [4.78, 5) is 16.7. The van der Waals surface area contributed by atoms with Gasteiger partial charge in [-0.2, -0.15) is 0 Å². The number of carbonyl (C=O) groups is 1. The van der Waals surface area contributed by atoms with E-state index in [-0.39, 0.29) is 6.03 Å². The normalized spacial score (nSPS) is 13.7. The molecule has 29 heavy (non-hydrogen) atoms. The first-order chi connectivity index (χ1) is 14.1. The van der Waals surface area contributed by atoms with Gasteiger partial charge in [-0.15, -0.1) is 0 Å². The van der Waals surface area contributed by atoms with Crippen molar-refractivity contribution in [2.45, 2.75) is 0 Å². The van der Waals surface area contributed by atoms with Crippen LogP contribution in [-0.4, -0.2) is 65.5 Å². The molecule has 0 saturated carbocycles. The molecule has 8 heteroatoms. The molecule has 0 atom stereocenters. The van der Waals surface area contributed by atoms with E-state index in [2.05, 4.69) is 10.2 Å². The van der Waals surface area contributed by atoms with Crippen molar-refractivity contribution in [2.75, 3.05) is 64.8 Å². The number of methoxy groups -OCH3 is 4. The zero-order valence-electron chi connectivity index (χ0n) is 17.2. The average molecular weight is 401 g/mol. The lowest BCUT2D eigenvalue weighted by molar-refractivity contribution is 0.208. The first-order valence-corrected chi connectivity index (χ1v) is 9.34. The van der Waals surface area contributed by atoms with Gasteiger partial charge < -0.3 is 34.1 Å². The minimum atomic E-state index is -0.158. The van der Waals surface area contributed by atoms with Gasteiger partial charge in [0.25, 0.3) is 0 Å². The first kappa shape index (κ1) is 20.4. The van der Waals surface area contributed by atoms with E-state index < -0.39 is 0 Å². The smallest absolute Gasteiger partial charge is 0.322 e. The Labute approximate surface area is 170 Å². The van der Waals surface area contributed by atoms with E-state index in [1.54, 1.807) is 51.5 Å². The zero-order valence-corrected chi connectivity index (χ0v) is 17.2. The SMILES string of the molecule is COc1ccc(NC(=O)N2CCN(c3ccc(OC)cc3OC)CC2)c(OC)c1. The quantitative estimate of drug-likeness (QED) is 0.802. The summed E-state index contributed by atoms with van der Waals surface area (Å²) in [6.07, 6.45) is 0. The fourth-order valence-corrected chi connectivity index (χ4v) is 3.29. The minimum absolute atomic E-state index is 0.158. The van der Waals surface area contributed by atoms with Crippen LogP contribution in [0.5, 0.6) is 23.0 Å². The zero-order chi connectivity index (χ0) is 20.8. The van der Waals surface area contributed by atoms with Gasteiger partial charge in [-0.1, -0.05) is 0 Å². The summed E-state index contributed by atoms with van der Waals surface area (Å²) < 4.78 is 21.3. The van der Waals surface area contributed by atoms with Gasteiger partial charge in [0.05, 0.1) is 39.8 Å². The van der Waals surface area contributed by atoms with E-state index in [9.17, 15) is 4.79 Å². The number of nitrogens with one attached hydrogen (secondary N) is 1. The van der Waals surface area contributed by atoms with E-state index in [0.717, 1.165) is 17.2 Å². The lowest BCUT2D eigenvalue weighted by Crippen LogP contribution is -2.50. The van der Waals surface area contributed by atoms with E-state index >= 15 is 0 Å². The number of ether oxygens (including phenoxy) is 4. The Morgan fingerprint density at radius 2 is 1.38 bits per heavy atom. The molecule has 1 saturated heterocycles. The second-order valence-electron chi connectivity index (χ2n) is 6.51. The highest BCUT2D eigenvalue weighted by Crippen LogP contribution is 2.33. The van der Waals surface area contributed by atoms with Crippen LogP contribution in [0.2, 0.25) is 0 Å². The van der Waals surface area contributed by atoms with Crippen LogP contribution in [0.4, 0.5) is 16.2 Å². The van der Waals surface area contributed by atoms with Gasteiger partial charge in [0, 0.05) is 38.3 Å². The molecule has 0 radical (unpaired) electrons. The lowest BCUT2D eigenvalue weighted by atomic mass is 10.2. The van der Waals surface area contributed by atoms with Crippen molar-refractivity contribution in [1.82, 2.24) is 4.90 Å². The molecule has 1 aliphatic rings. The summed E-state index contributed by atoms with van der Waals surface area (Å²) in [5.41, 5.74) is 1.60. The second-order valence-corrected chi connectivity index (χ2v) is 6.51. The highest BCUT2D eigenvalue weighted by atomic mass is 16.5. The average Bonchev–Trinajstić information content (AvgIpc) is 2.78. The lowest BCUT2D eigenvalue weighted by Gasteiger charge is -2.36. The number of urea groups is 1. The topological polar surface area (TPSA) is 72.5 Å². The van der Waals surface area contributed by atoms with Gasteiger partial charge in [0.2, 0.25) is 0 Å². The van der Waals surface area contributed by atoms with Gasteiger partial charge in [0.1, 0.15) is 23.0 Å². The van der Waals surface area contributed by atoms with Crippen molar-refractivity contribution in [2.24, 2.45) is 0 Å². The first-order valence-electron chi connectivity index (χ1n) is 9.34. The fourth-order valence-electron chi connectivity index (χ4n) is 3.29. The van der Waals surface area contributed by atoms with E-state index in [4.69, 9.17) is 18.9 Å². The third-order valence-electron chi connectivity index (χ3n) is 4.94. The van der Waals surface area contributed by atoms with Crippen molar-refractivity contribution in [3.63, 3.8) is 0 Å². The van der Waals surface area contributed by atoms with Gasteiger partial charge in [-0.25, -0.2) is 4.79 Å². The van der Waals surface area contributed by atoms with E-state index in [1.165, 1.54) is 0 Å². The van der Waals surface area contributed by atoms with Crippen LogP contribution in [0.15, 0.2) is 36.4 Å². The molecule has 0 aromatic heterocycles. The fraction of sp³-hybridized carbons (Fsp3) is 0.381. The van der Waals surface area contributed by atoms with Crippen LogP contribution in [-0.2, 0) is 0 Å². The minimum Gasteiger partial charge on any atom is -0.497 e. The number of rotatable bonds is 6. The summed E-state index contributed by atoms with van der Waals surface area (Å²) in [5, 5.41) is 2.92. The maximum atomic E-state index is 12.7. The highest BCUT2D eigenvalue weighted by Gasteiger charge is 2.24. The maximum Gasteiger partial charge on any atom is 0.322 e. The molecule has 8 nitrogen and oxygen atoms in total. The molecule has 1 heterocycles. The number of amides is 2. The second kappa shape index (κ2) is 9.27. The number of anilines is 2. The Bertz CT molecular complexity index is 850. The van der Waals surface area contributed by atoms with Crippen LogP contribution >= 0.6 is 0 Å². The molecule has 2 amide bonds.